The predicted octanol–water partition coefficient (Wildman–Crippen LogP) is 2.29. The first-order chi connectivity index (χ1) is 12.5. The van der Waals surface area contributed by atoms with Gasteiger partial charge in [0.05, 0.1) is 17.1 Å². The number of piperidine rings is 1. The van der Waals surface area contributed by atoms with E-state index in [1.807, 2.05) is 4.90 Å². The smallest absolute Gasteiger partial charge is 0.222 e. The number of aromatic nitrogens is 4. The highest BCUT2D eigenvalue weighted by molar-refractivity contribution is 6.30. The molecular formula is C17H16ClFN6O. The minimum absolute atomic E-state index is 0.00626. The van der Waals surface area contributed by atoms with E-state index in [2.05, 4.69) is 15.0 Å². The number of imidazole rings is 1. The van der Waals surface area contributed by atoms with E-state index in [-0.39, 0.29) is 16.8 Å². The third-order valence-electron chi connectivity index (χ3n) is 4.57. The Morgan fingerprint density at radius 1 is 1.38 bits per heavy atom. The summed E-state index contributed by atoms with van der Waals surface area (Å²) in [5.41, 5.74) is 6.47. The van der Waals surface area contributed by atoms with Crippen molar-refractivity contribution in [1.29, 1.82) is 0 Å². The molecule has 1 aliphatic heterocycles. The van der Waals surface area contributed by atoms with Gasteiger partial charge in [-0.2, -0.15) is 0 Å². The maximum Gasteiger partial charge on any atom is 0.222 e. The van der Waals surface area contributed by atoms with Crippen LogP contribution in [0.4, 0.5) is 10.2 Å². The second-order valence-electron chi connectivity index (χ2n) is 6.27. The summed E-state index contributed by atoms with van der Waals surface area (Å²) < 4.78 is 15.3. The zero-order valence-corrected chi connectivity index (χ0v) is 14.5. The van der Waals surface area contributed by atoms with E-state index in [1.165, 1.54) is 12.3 Å². The van der Waals surface area contributed by atoms with Gasteiger partial charge >= 0.3 is 0 Å². The van der Waals surface area contributed by atoms with Gasteiger partial charge < -0.3 is 10.6 Å². The van der Waals surface area contributed by atoms with E-state index in [9.17, 15) is 9.18 Å². The predicted molar refractivity (Wildman–Crippen MR) is 95.3 cm³/mol. The molecule has 0 bridgehead atoms. The number of carbonyl (C=O) groups is 1. The molecule has 0 aliphatic carbocycles. The lowest BCUT2D eigenvalue weighted by Crippen LogP contribution is -2.41. The zero-order valence-electron chi connectivity index (χ0n) is 13.8. The summed E-state index contributed by atoms with van der Waals surface area (Å²) in [4.78, 5) is 26.6. The van der Waals surface area contributed by atoms with Crippen molar-refractivity contribution in [3.05, 3.63) is 41.6 Å². The maximum absolute atomic E-state index is 13.6. The summed E-state index contributed by atoms with van der Waals surface area (Å²) in [6.45, 7) is 1.33. The number of hydrogen-bond acceptors (Lipinski definition) is 5. The molecule has 134 valence electrons. The standard InChI is InChI=1S/C17H16ClFN6O/c18-11-9-25-13(7-22-15(25)6-12(11)19)17-21-4-3-14(23-17)24-5-1-2-10(8-24)16(20)26/h3-4,6-7,9-10H,1-2,5,8H2,(H2,20,26)/t10-/m0/s1. The van der Waals surface area contributed by atoms with Crippen molar-refractivity contribution >= 4 is 29.0 Å². The van der Waals surface area contributed by atoms with Gasteiger partial charge in [0.25, 0.3) is 0 Å². The Morgan fingerprint density at radius 3 is 3.04 bits per heavy atom. The Morgan fingerprint density at radius 2 is 2.23 bits per heavy atom. The van der Waals surface area contributed by atoms with Crippen molar-refractivity contribution in [2.45, 2.75) is 12.8 Å². The fourth-order valence-electron chi connectivity index (χ4n) is 3.21. The average Bonchev–Trinajstić information content (AvgIpc) is 3.05. The van der Waals surface area contributed by atoms with Crippen LogP contribution in [0, 0.1) is 11.7 Å². The van der Waals surface area contributed by atoms with Crippen LogP contribution in [-0.2, 0) is 4.79 Å². The second kappa shape index (κ2) is 6.53. The Kier molecular flexibility index (Phi) is 4.20. The first-order valence-electron chi connectivity index (χ1n) is 8.22. The van der Waals surface area contributed by atoms with Gasteiger partial charge in [0.1, 0.15) is 23.0 Å². The minimum Gasteiger partial charge on any atom is -0.369 e. The maximum atomic E-state index is 13.6. The molecule has 1 saturated heterocycles. The van der Waals surface area contributed by atoms with Crippen molar-refractivity contribution < 1.29 is 9.18 Å². The number of nitrogens with zero attached hydrogens (tertiary/aromatic N) is 5. The highest BCUT2D eigenvalue weighted by Gasteiger charge is 2.25. The molecular weight excluding hydrogens is 359 g/mol. The molecule has 1 atom stereocenters. The molecule has 1 fully saturated rings. The van der Waals surface area contributed by atoms with Crippen molar-refractivity contribution in [1.82, 2.24) is 19.4 Å². The van der Waals surface area contributed by atoms with Gasteiger partial charge in [0.15, 0.2) is 5.82 Å². The summed E-state index contributed by atoms with van der Waals surface area (Å²) in [5, 5.41) is -0.00626. The highest BCUT2D eigenvalue weighted by Crippen LogP contribution is 2.25. The Balaban J connectivity index is 1.70. The van der Waals surface area contributed by atoms with Crippen LogP contribution in [0.15, 0.2) is 30.7 Å². The van der Waals surface area contributed by atoms with Crippen molar-refractivity contribution in [3.8, 4) is 11.5 Å². The number of halogens is 2. The highest BCUT2D eigenvalue weighted by atomic mass is 35.5. The first-order valence-corrected chi connectivity index (χ1v) is 8.60. The van der Waals surface area contributed by atoms with Crippen molar-refractivity contribution in [3.63, 3.8) is 0 Å². The number of nitrogens with two attached hydrogens (primary N) is 1. The molecule has 2 N–H and O–H groups in total. The van der Waals surface area contributed by atoms with Crippen LogP contribution in [0.1, 0.15) is 12.8 Å². The van der Waals surface area contributed by atoms with E-state index >= 15 is 0 Å². The monoisotopic (exact) mass is 374 g/mol. The molecule has 0 spiro atoms. The topological polar surface area (TPSA) is 89.4 Å². The SMILES string of the molecule is NC(=O)[C@H]1CCCN(c2ccnc(-c3cnc4cc(F)c(Cl)cn34)n2)C1. The van der Waals surface area contributed by atoms with Crippen LogP contribution in [0.25, 0.3) is 17.2 Å². The molecule has 1 aliphatic rings. The molecule has 7 nitrogen and oxygen atoms in total. The number of amides is 1. The van der Waals surface area contributed by atoms with Crippen LogP contribution in [0.5, 0.6) is 0 Å². The van der Waals surface area contributed by atoms with Gasteiger partial charge in [0.2, 0.25) is 5.91 Å². The molecule has 26 heavy (non-hydrogen) atoms. The first kappa shape index (κ1) is 16.7. The lowest BCUT2D eigenvalue weighted by atomic mass is 9.97. The van der Waals surface area contributed by atoms with Gasteiger partial charge in [-0.05, 0) is 18.9 Å². The quantitative estimate of drug-likeness (QED) is 0.759. The molecule has 0 radical (unpaired) electrons. The molecule has 0 unspecified atom stereocenters. The fourth-order valence-corrected chi connectivity index (χ4v) is 3.36. The Bertz CT molecular complexity index is 991. The zero-order chi connectivity index (χ0) is 18.3. The summed E-state index contributed by atoms with van der Waals surface area (Å²) >= 11 is 5.89. The summed E-state index contributed by atoms with van der Waals surface area (Å²) in [6, 6.07) is 3.06. The minimum atomic E-state index is -0.531. The Labute approximate surface area is 153 Å². The molecule has 1 amide bonds. The summed E-state index contributed by atoms with van der Waals surface area (Å²) in [5.74, 6) is 0.155. The number of pyridine rings is 1. The van der Waals surface area contributed by atoms with Gasteiger partial charge in [0, 0.05) is 31.5 Å². The third-order valence-corrected chi connectivity index (χ3v) is 4.85. The number of fused-ring (bicyclic) bond motifs is 1. The lowest BCUT2D eigenvalue weighted by Gasteiger charge is -2.32. The van der Waals surface area contributed by atoms with E-state index in [0.717, 1.165) is 19.4 Å². The normalized spacial score (nSPS) is 17.6. The van der Waals surface area contributed by atoms with E-state index < -0.39 is 5.82 Å². The third kappa shape index (κ3) is 2.96. The van der Waals surface area contributed by atoms with Gasteiger partial charge in [-0.25, -0.2) is 19.3 Å². The van der Waals surface area contributed by atoms with Crippen LogP contribution in [0.2, 0.25) is 5.02 Å². The van der Waals surface area contributed by atoms with Gasteiger partial charge in [-0.15, -0.1) is 0 Å². The number of hydrogen-bond donors (Lipinski definition) is 1. The van der Waals surface area contributed by atoms with Crippen molar-refractivity contribution in [2.24, 2.45) is 11.7 Å². The summed E-state index contributed by atoms with van der Waals surface area (Å²) in [7, 11) is 0. The van der Waals surface area contributed by atoms with Gasteiger partial charge in [-0.3, -0.25) is 9.20 Å². The average molecular weight is 375 g/mol. The van der Waals surface area contributed by atoms with E-state index in [4.69, 9.17) is 17.3 Å². The van der Waals surface area contributed by atoms with Gasteiger partial charge in [-0.1, -0.05) is 11.6 Å². The number of primary amides is 1. The van der Waals surface area contributed by atoms with Crippen LogP contribution in [0.3, 0.4) is 0 Å². The number of anilines is 1. The molecule has 4 heterocycles. The largest absolute Gasteiger partial charge is 0.369 e. The van der Waals surface area contributed by atoms with Crippen LogP contribution < -0.4 is 10.6 Å². The van der Waals surface area contributed by atoms with E-state index in [0.29, 0.717) is 29.5 Å². The lowest BCUT2D eigenvalue weighted by molar-refractivity contribution is -0.122. The summed E-state index contributed by atoms with van der Waals surface area (Å²) in [6.07, 6.45) is 6.34. The number of carbonyl (C=O) groups excluding carboxylic acids is 1. The molecule has 4 rings (SSSR count). The second-order valence-corrected chi connectivity index (χ2v) is 6.67. The van der Waals surface area contributed by atoms with Crippen LogP contribution >= 0.6 is 11.6 Å². The van der Waals surface area contributed by atoms with E-state index in [1.54, 1.807) is 22.9 Å². The molecule has 3 aromatic heterocycles. The fraction of sp³-hybridized carbons (Fsp3) is 0.294. The molecule has 0 aromatic carbocycles. The molecule has 9 heteroatoms. The van der Waals surface area contributed by atoms with Crippen LogP contribution in [-0.4, -0.2) is 38.3 Å². The Hall–Kier alpha value is -2.74. The molecule has 0 saturated carbocycles. The number of rotatable bonds is 3. The van der Waals surface area contributed by atoms with Crippen molar-refractivity contribution in [2.75, 3.05) is 18.0 Å². The molecule has 3 aromatic rings.